The molecule has 1 heterocycles. The molecule has 9 heteroatoms. The van der Waals surface area contributed by atoms with Crippen molar-refractivity contribution < 1.29 is 21.6 Å². The van der Waals surface area contributed by atoms with E-state index in [1.165, 1.54) is 6.07 Å². The molecule has 0 aromatic heterocycles. The Morgan fingerprint density at radius 2 is 2.00 bits per heavy atom. The van der Waals surface area contributed by atoms with Crippen LogP contribution in [0.2, 0.25) is 0 Å². The molecule has 5 nitrogen and oxygen atoms in total. The van der Waals surface area contributed by atoms with Crippen molar-refractivity contribution in [1.29, 1.82) is 0 Å². The Balaban J connectivity index is 1.71. The van der Waals surface area contributed by atoms with Crippen molar-refractivity contribution in [2.45, 2.75) is 57.7 Å². The van der Waals surface area contributed by atoms with Crippen LogP contribution in [0.4, 0.5) is 18.9 Å². The predicted molar refractivity (Wildman–Crippen MR) is 136 cm³/mol. The Kier molecular flexibility index (Phi) is 9.46. The van der Waals surface area contributed by atoms with E-state index in [0.717, 1.165) is 31.0 Å². The number of allylic oxidation sites excluding steroid dienone is 3. The smallest absolute Gasteiger partial charge is 0.381 e. The van der Waals surface area contributed by atoms with E-state index in [2.05, 4.69) is 27.5 Å². The zero-order chi connectivity index (χ0) is 25.6. The van der Waals surface area contributed by atoms with Crippen LogP contribution in [0.3, 0.4) is 0 Å². The molecule has 0 radical (unpaired) electrons. The normalized spacial score (nSPS) is 25.2. The fraction of sp³-hybridized carbons (Fsp3) is 0.615. The van der Waals surface area contributed by atoms with E-state index in [4.69, 9.17) is 0 Å². The van der Waals surface area contributed by atoms with Gasteiger partial charge in [0.1, 0.15) is 0 Å². The molecular weight excluding hydrogens is 475 g/mol. The summed E-state index contributed by atoms with van der Waals surface area (Å²) in [5.74, 6) is 0.534. The van der Waals surface area contributed by atoms with E-state index in [1.54, 1.807) is 13.1 Å². The minimum absolute atomic E-state index is 0.0525. The summed E-state index contributed by atoms with van der Waals surface area (Å²) in [5, 5.41) is 6.51. The first-order valence-corrected chi connectivity index (χ1v) is 14.1. The van der Waals surface area contributed by atoms with E-state index in [0.29, 0.717) is 25.1 Å². The number of hydrogen-bond donors (Lipinski definition) is 3. The molecule has 0 saturated heterocycles. The standard InChI is InChI=1S/C26H38F3N3O2S/c1-18(17-31-35(33,34)15-7-14-30-3)10-12-22-19(2)23-16-21(26(27,28)29)11-13-24(23)32-25(22)20-8-5-4-6-9-20/h4-6,8,11,13,16,18-20,22,25,30-32H,7,9-10,12,14-15,17H2,1-3H3/t18-,19?,20?,22-,25+/m1/s1. The number of hydrogen-bond acceptors (Lipinski definition) is 4. The van der Waals surface area contributed by atoms with Gasteiger partial charge >= 0.3 is 6.18 Å². The van der Waals surface area contributed by atoms with Crippen LogP contribution in [0, 0.1) is 17.8 Å². The number of alkyl halides is 3. The van der Waals surface area contributed by atoms with Gasteiger partial charge in [0.25, 0.3) is 0 Å². The quantitative estimate of drug-likeness (QED) is 0.352. The summed E-state index contributed by atoms with van der Waals surface area (Å²) in [6.45, 7) is 5.05. The maximum atomic E-state index is 13.4. The maximum Gasteiger partial charge on any atom is 0.416 e. The van der Waals surface area contributed by atoms with Crippen molar-refractivity contribution >= 4 is 15.7 Å². The van der Waals surface area contributed by atoms with Gasteiger partial charge in [-0.25, -0.2) is 13.1 Å². The minimum Gasteiger partial charge on any atom is -0.381 e. The molecule has 0 fully saturated rings. The second-order valence-corrected chi connectivity index (χ2v) is 11.9. The highest BCUT2D eigenvalue weighted by atomic mass is 32.2. The third kappa shape index (κ3) is 7.57. The number of fused-ring (bicyclic) bond motifs is 1. The van der Waals surface area contributed by atoms with Gasteiger partial charge in [-0.05, 0) is 80.8 Å². The Morgan fingerprint density at radius 1 is 1.23 bits per heavy atom. The summed E-state index contributed by atoms with van der Waals surface area (Å²) in [6.07, 6.45) is 6.99. The number of nitrogens with one attached hydrogen (secondary N) is 3. The highest BCUT2D eigenvalue weighted by molar-refractivity contribution is 7.89. The molecule has 3 N–H and O–H groups in total. The maximum absolute atomic E-state index is 13.4. The fourth-order valence-corrected chi connectivity index (χ4v) is 6.36. The summed E-state index contributed by atoms with van der Waals surface area (Å²) in [6, 6.07) is 4.10. The van der Waals surface area contributed by atoms with Gasteiger partial charge in [0.15, 0.2) is 0 Å². The summed E-state index contributed by atoms with van der Waals surface area (Å²) in [7, 11) is -1.53. The predicted octanol–water partition coefficient (Wildman–Crippen LogP) is 5.30. The third-order valence-corrected chi connectivity index (χ3v) is 8.69. The van der Waals surface area contributed by atoms with E-state index >= 15 is 0 Å². The van der Waals surface area contributed by atoms with Crippen molar-refractivity contribution in [2.75, 3.05) is 31.2 Å². The van der Waals surface area contributed by atoms with Gasteiger partial charge in [-0.15, -0.1) is 0 Å². The molecule has 0 bridgehead atoms. The van der Waals surface area contributed by atoms with E-state index in [-0.39, 0.29) is 35.5 Å². The van der Waals surface area contributed by atoms with Crippen molar-refractivity contribution in [2.24, 2.45) is 17.8 Å². The molecule has 5 atom stereocenters. The molecule has 2 aliphatic rings. The molecule has 1 aliphatic carbocycles. The number of sulfonamides is 1. The molecule has 0 saturated carbocycles. The van der Waals surface area contributed by atoms with E-state index in [1.807, 2.05) is 26.0 Å². The van der Waals surface area contributed by atoms with Crippen LogP contribution in [0.1, 0.15) is 56.6 Å². The van der Waals surface area contributed by atoms with Crippen LogP contribution in [0.15, 0.2) is 42.5 Å². The summed E-state index contributed by atoms with van der Waals surface area (Å²) < 4.78 is 67.3. The van der Waals surface area contributed by atoms with Crippen molar-refractivity contribution in [3.63, 3.8) is 0 Å². The number of halogens is 3. The van der Waals surface area contributed by atoms with Crippen LogP contribution in [0.25, 0.3) is 0 Å². The van der Waals surface area contributed by atoms with Crippen molar-refractivity contribution in [3.05, 3.63) is 53.6 Å². The molecule has 1 aromatic carbocycles. The zero-order valence-electron chi connectivity index (χ0n) is 20.7. The average Bonchev–Trinajstić information content (AvgIpc) is 2.82. The fourth-order valence-electron chi connectivity index (χ4n) is 5.15. The van der Waals surface area contributed by atoms with Crippen LogP contribution in [-0.2, 0) is 16.2 Å². The Morgan fingerprint density at radius 3 is 2.66 bits per heavy atom. The van der Waals surface area contributed by atoms with Crippen LogP contribution in [-0.4, -0.2) is 40.3 Å². The minimum atomic E-state index is -4.38. The number of benzene rings is 1. The number of anilines is 1. The lowest BCUT2D eigenvalue weighted by atomic mass is 9.70. The third-order valence-electron chi connectivity index (χ3n) is 7.25. The Bertz CT molecular complexity index is 1010. The molecular formula is C26H38F3N3O2S. The molecule has 0 spiro atoms. The summed E-state index contributed by atoms with van der Waals surface area (Å²) in [4.78, 5) is 0. The first-order chi connectivity index (χ1) is 16.5. The van der Waals surface area contributed by atoms with Gasteiger partial charge < -0.3 is 10.6 Å². The topological polar surface area (TPSA) is 70.2 Å². The highest BCUT2D eigenvalue weighted by Crippen LogP contribution is 2.45. The highest BCUT2D eigenvalue weighted by Gasteiger charge is 2.39. The number of rotatable bonds is 11. The molecule has 1 aliphatic heterocycles. The van der Waals surface area contributed by atoms with Crippen molar-refractivity contribution in [1.82, 2.24) is 10.0 Å². The zero-order valence-corrected chi connectivity index (χ0v) is 21.6. The molecule has 3 rings (SSSR count). The lowest BCUT2D eigenvalue weighted by Crippen LogP contribution is -2.42. The van der Waals surface area contributed by atoms with Gasteiger partial charge in [0, 0.05) is 24.2 Å². The average molecular weight is 514 g/mol. The second-order valence-electron chi connectivity index (χ2n) is 9.94. The Hall–Kier alpha value is -1.84. The molecule has 35 heavy (non-hydrogen) atoms. The molecule has 1 aromatic rings. The molecule has 0 amide bonds. The second kappa shape index (κ2) is 11.9. The lowest BCUT2D eigenvalue weighted by molar-refractivity contribution is -0.137. The van der Waals surface area contributed by atoms with E-state index < -0.39 is 21.8 Å². The molecule has 2 unspecified atom stereocenters. The van der Waals surface area contributed by atoms with Gasteiger partial charge in [-0.3, -0.25) is 0 Å². The van der Waals surface area contributed by atoms with Crippen LogP contribution >= 0.6 is 0 Å². The first-order valence-electron chi connectivity index (χ1n) is 12.4. The van der Waals surface area contributed by atoms with Gasteiger partial charge in [-0.1, -0.05) is 38.2 Å². The molecule has 196 valence electrons. The lowest BCUT2D eigenvalue weighted by Gasteiger charge is -2.43. The monoisotopic (exact) mass is 513 g/mol. The van der Waals surface area contributed by atoms with Gasteiger partial charge in [0.05, 0.1) is 11.3 Å². The van der Waals surface area contributed by atoms with E-state index in [9.17, 15) is 21.6 Å². The van der Waals surface area contributed by atoms with Gasteiger partial charge in [0.2, 0.25) is 10.0 Å². The summed E-state index contributed by atoms with van der Waals surface area (Å²) in [5.41, 5.74) is 0.856. The first kappa shape index (κ1) is 27.7. The largest absolute Gasteiger partial charge is 0.416 e. The SMILES string of the molecule is CNCCCS(=O)(=O)NC[C@H](C)CC[C@@H]1C(C)c2cc(C(F)(F)F)ccc2N[C@H]1C1C=CC=CC1. The van der Waals surface area contributed by atoms with Crippen LogP contribution in [0.5, 0.6) is 0 Å². The van der Waals surface area contributed by atoms with Gasteiger partial charge in [-0.2, -0.15) is 13.2 Å². The van der Waals surface area contributed by atoms with Crippen molar-refractivity contribution in [3.8, 4) is 0 Å². The van der Waals surface area contributed by atoms with Crippen LogP contribution < -0.4 is 15.4 Å². The Labute approximate surface area is 207 Å². The summed E-state index contributed by atoms with van der Waals surface area (Å²) >= 11 is 0.